The summed E-state index contributed by atoms with van der Waals surface area (Å²) in [7, 11) is 0. The zero-order valence-electron chi connectivity index (χ0n) is 9.99. The summed E-state index contributed by atoms with van der Waals surface area (Å²) in [6, 6.07) is 6.48. The van der Waals surface area contributed by atoms with E-state index in [4.69, 9.17) is 9.47 Å². The second kappa shape index (κ2) is 6.10. The van der Waals surface area contributed by atoms with Crippen LogP contribution in [0.1, 0.15) is 18.6 Å². The number of nitrogens with one attached hydrogen (secondary N) is 1. The van der Waals surface area contributed by atoms with E-state index < -0.39 is 0 Å². The first-order valence-electron chi connectivity index (χ1n) is 5.99. The van der Waals surface area contributed by atoms with Crippen molar-refractivity contribution in [2.24, 2.45) is 0 Å². The van der Waals surface area contributed by atoms with Crippen LogP contribution in [0.15, 0.2) is 24.3 Å². The summed E-state index contributed by atoms with van der Waals surface area (Å²) >= 11 is 0. The third-order valence-electron chi connectivity index (χ3n) is 2.79. The highest BCUT2D eigenvalue weighted by Crippen LogP contribution is 2.21. The first kappa shape index (κ1) is 12.5. The van der Waals surface area contributed by atoms with Gasteiger partial charge in [-0.05, 0) is 24.2 Å². The molecular weight excluding hydrogens is 221 g/mol. The topological polar surface area (TPSA) is 30.5 Å². The van der Waals surface area contributed by atoms with Crippen molar-refractivity contribution in [2.45, 2.75) is 19.1 Å². The Kier molecular flexibility index (Phi) is 4.48. The highest BCUT2D eigenvalue weighted by molar-refractivity contribution is 5.19. The van der Waals surface area contributed by atoms with Crippen LogP contribution in [-0.4, -0.2) is 32.4 Å². The van der Waals surface area contributed by atoms with Gasteiger partial charge in [0.05, 0.1) is 19.3 Å². The Morgan fingerprint density at radius 3 is 2.65 bits per heavy atom. The second-order valence-corrected chi connectivity index (χ2v) is 4.14. The predicted molar refractivity (Wildman–Crippen MR) is 63.4 cm³/mol. The van der Waals surface area contributed by atoms with Crippen molar-refractivity contribution in [1.29, 1.82) is 0 Å². The van der Waals surface area contributed by atoms with Gasteiger partial charge in [0.25, 0.3) is 0 Å². The maximum absolute atomic E-state index is 12.9. The molecule has 0 aliphatic carbocycles. The highest BCUT2D eigenvalue weighted by Gasteiger charge is 2.24. The van der Waals surface area contributed by atoms with Crippen LogP contribution in [0, 0.1) is 5.82 Å². The third-order valence-corrected chi connectivity index (χ3v) is 2.79. The predicted octanol–water partition coefficient (Wildman–Crippen LogP) is 1.89. The molecule has 17 heavy (non-hydrogen) atoms. The van der Waals surface area contributed by atoms with Gasteiger partial charge in [-0.3, -0.25) is 0 Å². The van der Waals surface area contributed by atoms with Crippen molar-refractivity contribution in [3.63, 3.8) is 0 Å². The van der Waals surface area contributed by atoms with E-state index in [0.717, 1.165) is 18.7 Å². The molecule has 1 aromatic carbocycles. The monoisotopic (exact) mass is 239 g/mol. The summed E-state index contributed by atoms with van der Waals surface area (Å²) in [5, 5.41) is 3.26. The minimum Gasteiger partial charge on any atom is -0.376 e. The minimum absolute atomic E-state index is 0.0375. The fourth-order valence-corrected chi connectivity index (χ4v) is 1.72. The van der Waals surface area contributed by atoms with E-state index in [1.165, 1.54) is 12.1 Å². The zero-order valence-corrected chi connectivity index (χ0v) is 9.99. The van der Waals surface area contributed by atoms with Gasteiger partial charge in [0.15, 0.2) is 0 Å². The molecule has 1 heterocycles. The van der Waals surface area contributed by atoms with Crippen molar-refractivity contribution in [3.05, 3.63) is 35.6 Å². The Labute approximate surface area is 101 Å². The molecule has 2 rings (SSSR count). The fraction of sp³-hybridized carbons (Fsp3) is 0.538. The van der Waals surface area contributed by atoms with Gasteiger partial charge in [0.1, 0.15) is 11.9 Å². The maximum atomic E-state index is 12.9. The molecule has 0 saturated carbocycles. The molecule has 1 N–H and O–H groups in total. The number of hydrogen-bond acceptors (Lipinski definition) is 3. The molecule has 3 nitrogen and oxygen atoms in total. The Morgan fingerprint density at radius 2 is 2.12 bits per heavy atom. The fourth-order valence-electron chi connectivity index (χ4n) is 1.72. The van der Waals surface area contributed by atoms with E-state index in [-0.39, 0.29) is 18.0 Å². The molecule has 1 aliphatic rings. The standard InChI is InChI=1S/C13H18FNO2/c1-2-15-7-13(17-12-8-16-9-12)10-3-5-11(14)6-4-10/h3-6,12-13,15H,2,7-9H2,1H3. The van der Waals surface area contributed by atoms with Crippen LogP contribution >= 0.6 is 0 Å². The smallest absolute Gasteiger partial charge is 0.123 e. The van der Waals surface area contributed by atoms with Gasteiger partial charge >= 0.3 is 0 Å². The maximum Gasteiger partial charge on any atom is 0.123 e. The lowest BCUT2D eigenvalue weighted by molar-refractivity contribution is -0.155. The first-order chi connectivity index (χ1) is 8.29. The van der Waals surface area contributed by atoms with Crippen molar-refractivity contribution in [1.82, 2.24) is 5.32 Å². The molecule has 0 amide bonds. The van der Waals surface area contributed by atoms with Gasteiger partial charge in [0.2, 0.25) is 0 Å². The third kappa shape index (κ3) is 3.49. The number of likely N-dealkylation sites (N-methyl/N-ethyl adjacent to an activating group) is 1. The summed E-state index contributed by atoms with van der Waals surface area (Å²) in [4.78, 5) is 0. The molecule has 1 unspecified atom stereocenters. The minimum atomic E-state index is -0.220. The normalized spacial score (nSPS) is 17.8. The zero-order chi connectivity index (χ0) is 12.1. The average Bonchev–Trinajstić information content (AvgIpc) is 2.28. The van der Waals surface area contributed by atoms with Crippen molar-refractivity contribution < 1.29 is 13.9 Å². The summed E-state index contributed by atoms with van der Waals surface area (Å²) in [5.74, 6) is -0.220. The molecule has 1 atom stereocenters. The number of benzene rings is 1. The number of hydrogen-bond donors (Lipinski definition) is 1. The Morgan fingerprint density at radius 1 is 1.41 bits per heavy atom. The molecule has 4 heteroatoms. The van der Waals surface area contributed by atoms with Crippen LogP contribution in [0.25, 0.3) is 0 Å². The quantitative estimate of drug-likeness (QED) is 0.822. The second-order valence-electron chi connectivity index (χ2n) is 4.14. The van der Waals surface area contributed by atoms with Crippen LogP contribution in [0.2, 0.25) is 0 Å². The molecule has 0 radical (unpaired) electrons. The number of halogens is 1. The molecule has 0 bridgehead atoms. The van der Waals surface area contributed by atoms with E-state index in [2.05, 4.69) is 5.32 Å². The van der Waals surface area contributed by atoms with Gasteiger partial charge in [-0.15, -0.1) is 0 Å². The summed E-state index contributed by atoms with van der Waals surface area (Å²) in [6.45, 7) is 4.99. The highest BCUT2D eigenvalue weighted by atomic mass is 19.1. The van der Waals surface area contributed by atoms with Crippen LogP contribution < -0.4 is 5.32 Å². The van der Waals surface area contributed by atoms with Crippen LogP contribution in [0.4, 0.5) is 4.39 Å². The first-order valence-corrected chi connectivity index (χ1v) is 5.99. The number of ether oxygens (including phenoxy) is 2. The van der Waals surface area contributed by atoms with Gasteiger partial charge in [-0.1, -0.05) is 19.1 Å². The van der Waals surface area contributed by atoms with Gasteiger partial charge in [-0.25, -0.2) is 4.39 Å². The summed E-state index contributed by atoms with van der Waals surface area (Å²) in [5.41, 5.74) is 0.999. The average molecular weight is 239 g/mol. The molecular formula is C13H18FNO2. The van der Waals surface area contributed by atoms with E-state index in [1.54, 1.807) is 12.1 Å². The molecule has 1 saturated heterocycles. The molecule has 94 valence electrons. The lowest BCUT2D eigenvalue weighted by Gasteiger charge is -2.31. The lowest BCUT2D eigenvalue weighted by Crippen LogP contribution is -2.39. The van der Waals surface area contributed by atoms with Gasteiger partial charge in [0, 0.05) is 6.54 Å². The SMILES string of the molecule is CCNCC(OC1COC1)c1ccc(F)cc1. The van der Waals surface area contributed by atoms with Crippen LogP contribution in [0.3, 0.4) is 0 Å². The Balaban J connectivity index is 1.99. The molecule has 0 spiro atoms. The molecule has 1 aromatic rings. The molecule has 1 aliphatic heterocycles. The largest absolute Gasteiger partial charge is 0.376 e. The van der Waals surface area contributed by atoms with E-state index >= 15 is 0 Å². The summed E-state index contributed by atoms with van der Waals surface area (Å²) < 4.78 is 23.9. The lowest BCUT2D eigenvalue weighted by atomic mass is 10.1. The molecule has 0 aromatic heterocycles. The number of rotatable bonds is 6. The van der Waals surface area contributed by atoms with Crippen LogP contribution in [-0.2, 0) is 9.47 Å². The van der Waals surface area contributed by atoms with E-state index in [1.807, 2.05) is 6.92 Å². The van der Waals surface area contributed by atoms with Crippen molar-refractivity contribution in [2.75, 3.05) is 26.3 Å². The van der Waals surface area contributed by atoms with Gasteiger partial charge in [-0.2, -0.15) is 0 Å². The Bertz CT molecular complexity index is 338. The van der Waals surface area contributed by atoms with Crippen LogP contribution in [0.5, 0.6) is 0 Å². The molecule has 1 fully saturated rings. The summed E-state index contributed by atoms with van der Waals surface area (Å²) in [6.07, 6.45) is 0.133. The van der Waals surface area contributed by atoms with Gasteiger partial charge < -0.3 is 14.8 Å². The van der Waals surface area contributed by atoms with E-state index in [9.17, 15) is 4.39 Å². The van der Waals surface area contributed by atoms with E-state index in [0.29, 0.717) is 13.2 Å². The van der Waals surface area contributed by atoms with Crippen molar-refractivity contribution in [3.8, 4) is 0 Å². The van der Waals surface area contributed by atoms with Crippen molar-refractivity contribution >= 4 is 0 Å². The Hall–Kier alpha value is -0.970.